The van der Waals surface area contributed by atoms with E-state index in [2.05, 4.69) is 41.2 Å². The lowest BCUT2D eigenvalue weighted by atomic mass is 9.93. The van der Waals surface area contributed by atoms with Crippen molar-refractivity contribution in [3.8, 4) is 5.82 Å². The lowest BCUT2D eigenvalue weighted by molar-refractivity contribution is 0.626. The highest BCUT2D eigenvalue weighted by Gasteiger charge is 2.41. The van der Waals surface area contributed by atoms with Crippen LogP contribution in [0.4, 0.5) is 27.3 Å². The summed E-state index contributed by atoms with van der Waals surface area (Å²) in [5, 5.41) is 8.43. The van der Waals surface area contributed by atoms with Gasteiger partial charge in [-0.2, -0.15) is 9.78 Å². The third kappa shape index (κ3) is 3.88. The van der Waals surface area contributed by atoms with Crippen LogP contribution >= 0.6 is 0 Å². The smallest absolute Gasteiger partial charge is 0.179 e. The van der Waals surface area contributed by atoms with Crippen LogP contribution in [-0.4, -0.2) is 26.4 Å². The van der Waals surface area contributed by atoms with Crippen LogP contribution < -0.4 is 10.2 Å². The number of amidine groups is 2. The van der Waals surface area contributed by atoms with E-state index in [9.17, 15) is 4.39 Å². The molecule has 1 N–H and O–H groups in total. The number of para-hydroxylation sites is 2. The van der Waals surface area contributed by atoms with Gasteiger partial charge >= 0.3 is 0 Å². The number of halogens is 1. The number of fused-ring (bicyclic) bond motifs is 4. The first kappa shape index (κ1) is 24.0. The minimum atomic E-state index is -0.325. The molecule has 0 fully saturated rings. The third-order valence-electron chi connectivity index (χ3n) is 7.46. The van der Waals surface area contributed by atoms with Gasteiger partial charge in [-0.25, -0.2) is 19.4 Å². The molecule has 4 heterocycles. The predicted octanol–water partition coefficient (Wildman–Crippen LogP) is 7.13. The van der Waals surface area contributed by atoms with E-state index in [0.717, 1.165) is 33.9 Å². The van der Waals surface area contributed by atoms with Crippen molar-refractivity contribution in [2.24, 2.45) is 9.98 Å². The number of anilines is 2. The fourth-order valence-electron chi connectivity index (χ4n) is 5.35. The molecule has 0 aliphatic carbocycles. The number of aliphatic imine (C=N–C) groups is 2. The molecule has 3 aromatic carbocycles. The standard InChI is InChI=1S/C32H26FN7/c1-19-11-16-24(18-20(19)2)35-30-32-37-31-28(21(3)38-40(31)27-10-6-7-17-34-27)29(22-12-14-23(33)15-13-22)39(32)26-9-5-4-8-25(26)36-30/h4-18,29H,1-3H3,(H,35,36). The minimum absolute atomic E-state index is 0.285. The van der Waals surface area contributed by atoms with Crippen molar-refractivity contribution >= 4 is 34.6 Å². The first-order chi connectivity index (χ1) is 19.5. The van der Waals surface area contributed by atoms with Gasteiger partial charge in [0.1, 0.15) is 5.82 Å². The van der Waals surface area contributed by atoms with E-state index in [4.69, 9.17) is 15.1 Å². The van der Waals surface area contributed by atoms with Crippen LogP contribution in [0.5, 0.6) is 0 Å². The van der Waals surface area contributed by atoms with Gasteiger partial charge in [0.15, 0.2) is 23.3 Å². The number of benzene rings is 3. The van der Waals surface area contributed by atoms with E-state index in [1.54, 1.807) is 10.9 Å². The molecule has 0 saturated heterocycles. The molecule has 2 aromatic heterocycles. The average molecular weight is 528 g/mol. The maximum Gasteiger partial charge on any atom is 0.179 e. The van der Waals surface area contributed by atoms with E-state index >= 15 is 0 Å². The Balaban J connectivity index is 1.49. The second-order valence-electron chi connectivity index (χ2n) is 10.1. The average Bonchev–Trinajstić information content (AvgIpc) is 3.31. The molecule has 2 aliphatic rings. The van der Waals surface area contributed by atoms with Crippen LogP contribution in [-0.2, 0) is 0 Å². The van der Waals surface area contributed by atoms with Crippen LogP contribution in [0, 0.1) is 26.6 Å². The van der Waals surface area contributed by atoms with Gasteiger partial charge in [-0.05, 0) is 86.0 Å². The SMILES string of the molecule is Cc1ccc(NC2=Nc3ccccc3N3C2=Nc2c(c(C)nn2-c2ccccn2)C3c2ccc(F)cc2)cc1C. The Labute approximate surface area is 231 Å². The lowest BCUT2D eigenvalue weighted by Crippen LogP contribution is -2.46. The third-order valence-corrected chi connectivity index (χ3v) is 7.46. The Morgan fingerprint density at radius 3 is 2.40 bits per heavy atom. The van der Waals surface area contributed by atoms with Gasteiger partial charge in [-0.1, -0.05) is 36.4 Å². The first-order valence-electron chi connectivity index (χ1n) is 13.1. The molecule has 1 unspecified atom stereocenters. The molecule has 0 bridgehead atoms. The molecule has 0 saturated carbocycles. The molecule has 0 radical (unpaired) electrons. The Morgan fingerprint density at radius 2 is 1.62 bits per heavy atom. The molecular weight excluding hydrogens is 501 g/mol. The summed E-state index contributed by atoms with van der Waals surface area (Å²) in [6.45, 7) is 6.16. The van der Waals surface area contributed by atoms with E-state index in [-0.39, 0.29) is 11.9 Å². The highest BCUT2D eigenvalue weighted by Crippen LogP contribution is 2.48. The zero-order valence-electron chi connectivity index (χ0n) is 22.3. The van der Waals surface area contributed by atoms with Crippen molar-refractivity contribution in [3.05, 3.63) is 125 Å². The highest BCUT2D eigenvalue weighted by atomic mass is 19.1. The highest BCUT2D eigenvalue weighted by molar-refractivity contribution is 6.51. The second kappa shape index (κ2) is 9.27. The summed E-state index contributed by atoms with van der Waals surface area (Å²) in [5.41, 5.74) is 7.72. The number of aryl methyl sites for hydroxylation is 3. The molecule has 5 aromatic rings. The van der Waals surface area contributed by atoms with Crippen molar-refractivity contribution in [2.45, 2.75) is 26.8 Å². The summed E-state index contributed by atoms with van der Waals surface area (Å²) < 4.78 is 15.9. The van der Waals surface area contributed by atoms with Crippen molar-refractivity contribution in [2.75, 3.05) is 10.2 Å². The fourth-order valence-corrected chi connectivity index (χ4v) is 5.35. The largest absolute Gasteiger partial charge is 0.337 e. The van der Waals surface area contributed by atoms with Crippen molar-refractivity contribution < 1.29 is 4.39 Å². The van der Waals surface area contributed by atoms with E-state index in [1.807, 2.05) is 67.6 Å². The summed E-state index contributed by atoms with van der Waals surface area (Å²) in [6.07, 6.45) is 1.74. The number of aromatic nitrogens is 3. The molecular formula is C32H26FN7. The Hall–Kier alpha value is -5.11. The van der Waals surface area contributed by atoms with Crippen LogP contribution in [0.2, 0.25) is 0 Å². The first-order valence-corrected chi connectivity index (χ1v) is 13.1. The molecule has 1 atom stereocenters. The summed E-state index contributed by atoms with van der Waals surface area (Å²) in [6, 6.07) is 26.3. The topological polar surface area (TPSA) is 70.7 Å². The number of pyridine rings is 1. The minimum Gasteiger partial charge on any atom is -0.337 e. The van der Waals surface area contributed by atoms with Crippen LogP contribution in [0.25, 0.3) is 5.82 Å². The van der Waals surface area contributed by atoms with E-state index in [0.29, 0.717) is 23.3 Å². The van der Waals surface area contributed by atoms with Gasteiger partial charge in [0, 0.05) is 17.4 Å². The molecule has 0 spiro atoms. The normalized spacial score (nSPS) is 15.5. The zero-order chi connectivity index (χ0) is 27.4. The maximum atomic E-state index is 14.1. The Kier molecular flexibility index (Phi) is 5.55. The van der Waals surface area contributed by atoms with Gasteiger partial charge < -0.3 is 10.2 Å². The van der Waals surface area contributed by atoms with Gasteiger partial charge in [0.05, 0.1) is 23.1 Å². The monoisotopic (exact) mass is 527 g/mol. The summed E-state index contributed by atoms with van der Waals surface area (Å²) in [7, 11) is 0. The molecule has 40 heavy (non-hydrogen) atoms. The van der Waals surface area contributed by atoms with Crippen molar-refractivity contribution in [1.82, 2.24) is 14.8 Å². The molecule has 2 aliphatic heterocycles. The zero-order valence-corrected chi connectivity index (χ0v) is 22.3. The van der Waals surface area contributed by atoms with Gasteiger partial charge in [-0.15, -0.1) is 0 Å². The molecule has 196 valence electrons. The number of hydrogen-bond donors (Lipinski definition) is 1. The van der Waals surface area contributed by atoms with E-state index < -0.39 is 0 Å². The quantitative estimate of drug-likeness (QED) is 0.271. The van der Waals surface area contributed by atoms with E-state index in [1.165, 1.54) is 23.3 Å². The van der Waals surface area contributed by atoms with Crippen LogP contribution in [0.15, 0.2) is 101 Å². The summed E-state index contributed by atoms with van der Waals surface area (Å²) >= 11 is 0. The number of nitrogens with one attached hydrogen (secondary N) is 1. The maximum absolute atomic E-state index is 14.1. The summed E-state index contributed by atoms with van der Waals surface area (Å²) in [4.78, 5) is 17.0. The number of rotatable bonds is 3. The van der Waals surface area contributed by atoms with Crippen LogP contribution in [0.3, 0.4) is 0 Å². The number of hydrogen-bond acceptors (Lipinski definition) is 6. The molecule has 7 rings (SSSR count). The van der Waals surface area contributed by atoms with Crippen molar-refractivity contribution in [3.63, 3.8) is 0 Å². The van der Waals surface area contributed by atoms with Gasteiger partial charge in [-0.3, -0.25) is 0 Å². The van der Waals surface area contributed by atoms with Crippen LogP contribution in [0.1, 0.15) is 34.0 Å². The Morgan fingerprint density at radius 1 is 0.825 bits per heavy atom. The summed E-state index contributed by atoms with van der Waals surface area (Å²) in [5.74, 6) is 2.32. The number of nitrogens with zero attached hydrogens (tertiary/aromatic N) is 6. The van der Waals surface area contributed by atoms with Gasteiger partial charge in [0.2, 0.25) is 0 Å². The Bertz CT molecular complexity index is 1820. The molecule has 7 nitrogen and oxygen atoms in total. The fraction of sp³-hybridized carbons (Fsp3) is 0.125. The molecule has 0 amide bonds. The lowest BCUT2D eigenvalue weighted by Gasteiger charge is -2.40. The van der Waals surface area contributed by atoms with Gasteiger partial charge in [0.25, 0.3) is 0 Å². The predicted molar refractivity (Wildman–Crippen MR) is 157 cm³/mol. The van der Waals surface area contributed by atoms with Crippen molar-refractivity contribution in [1.29, 1.82) is 0 Å². The second-order valence-corrected chi connectivity index (χ2v) is 10.1. The molecule has 8 heteroatoms.